The topological polar surface area (TPSA) is 68.4 Å². The van der Waals surface area contributed by atoms with Gasteiger partial charge in [-0.25, -0.2) is 0 Å². The summed E-state index contributed by atoms with van der Waals surface area (Å²) in [6, 6.07) is 10.7. The van der Waals surface area contributed by atoms with E-state index < -0.39 is 0 Å². The fourth-order valence-corrected chi connectivity index (χ4v) is 1.63. The molecule has 1 aromatic heterocycles. The molecule has 1 aromatic carbocycles. The lowest BCUT2D eigenvalue weighted by Crippen LogP contribution is -2.05. The van der Waals surface area contributed by atoms with Gasteiger partial charge < -0.3 is 15.6 Å². The minimum absolute atomic E-state index is 0.249. The molecule has 0 saturated carbocycles. The van der Waals surface area contributed by atoms with Gasteiger partial charge in [0.25, 0.3) is 0 Å². The van der Waals surface area contributed by atoms with Gasteiger partial charge in [-0.05, 0) is 36.8 Å². The molecule has 2 rings (SSSR count). The summed E-state index contributed by atoms with van der Waals surface area (Å²) >= 11 is 0. The van der Waals surface area contributed by atoms with Gasteiger partial charge in [-0.15, -0.1) is 0 Å². The summed E-state index contributed by atoms with van der Waals surface area (Å²) in [5.41, 5.74) is 8.30. The first-order valence-electron chi connectivity index (χ1n) is 5.76. The molecule has 4 heteroatoms. The first-order valence-corrected chi connectivity index (χ1v) is 5.76. The number of aromatic nitrogens is 1. The Bertz CT molecular complexity index is 524. The second kappa shape index (κ2) is 5.51. The maximum atomic E-state index is 9.19. The second-order valence-corrected chi connectivity index (χ2v) is 4.06. The van der Waals surface area contributed by atoms with Gasteiger partial charge in [-0.2, -0.15) is 0 Å². The number of aryl methyl sites for hydroxylation is 1. The van der Waals surface area contributed by atoms with E-state index in [0.717, 1.165) is 17.0 Å². The zero-order valence-corrected chi connectivity index (χ0v) is 10.3. The van der Waals surface area contributed by atoms with E-state index in [2.05, 4.69) is 4.98 Å². The molecule has 1 heterocycles. The SMILES string of the molecule is Cc1ccc(OCc2ccc(O)cc2)c(CN)n1. The van der Waals surface area contributed by atoms with E-state index in [1.807, 2.05) is 31.2 Å². The second-order valence-electron chi connectivity index (χ2n) is 4.06. The highest BCUT2D eigenvalue weighted by Crippen LogP contribution is 2.18. The summed E-state index contributed by atoms with van der Waals surface area (Å²) in [4.78, 5) is 4.33. The van der Waals surface area contributed by atoms with Crippen LogP contribution in [0.15, 0.2) is 36.4 Å². The number of aromatic hydroxyl groups is 1. The number of nitrogens with two attached hydrogens (primary N) is 1. The number of ether oxygens (including phenoxy) is 1. The van der Waals surface area contributed by atoms with Crippen LogP contribution in [0.1, 0.15) is 17.0 Å². The quantitative estimate of drug-likeness (QED) is 0.864. The summed E-state index contributed by atoms with van der Waals surface area (Å²) < 4.78 is 5.68. The Kier molecular flexibility index (Phi) is 3.79. The summed E-state index contributed by atoms with van der Waals surface area (Å²) in [6.07, 6.45) is 0. The third kappa shape index (κ3) is 2.99. The van der Waals surface area contributed by atoms with Crippen molar-refractivity contribution in [2.24, 2.45) is 5.73 Å². The summed E-state index contributed by atoms with van der Waals surface area (Å²) in [6.45, 7) is 2.70. The summed E-state index contributed by atoms with van der Waals surface area (Å²) in [7, 11) is 0. The third-order valence-corrected chi connectivity index (χ3v) is 2.60. The smallest absolute Gasteiger partial charge is 0.142 e. The Morgan fingerprint density at radius 1 is 1.17 bits per heavy atom. The zero-order chi connectivity index (χ0) is 13.0. The van der Waals surface area contributed by atoms with Crippen molar-refractivity contribution < 1.29 is 9.84 Å². The third-order valence-electron chi connectivity index (χ3n) is 2.60. The summed E-state index contributed by atoms with van der Waals surface area (Å²) in [5, 5.41) is 9.19. The molecule has 94 valence electrons. The van der Waals surface area contributed by atoms with E-state index in [9.17, 15) is 5.11 Å². The van der Waals surface area contributed by atoms with Crippen LogP contribution in [0, 0.1) is 6.92 Å². The van der Waals surface area contributed by atoms with Crippen LogP contribution in [0.5, 0.6) is 11.5 Å². The zero-order valence-electron chi connectivity index (χ0n) is 10.3. The van der Waals surface area contributed by atoms with Crippen LogP contribution >= 0.6 is 0 Å². The number of phenolic OH excluding ortho intramolecular Hbond substituents is 1. The van der Waals surface area contributed by atoms with Gasteiger partial charge >= 0.3 is 0 Å². The molecule has 0 aliphatic carbocycles. The average Bonchev–Trinajstić information content (AvgIpc) is 2.39. The first-order chi connectivity index (χ1) is 8.69. The van der Waals surface area contributed by atoms with Gasteiger partial charge in [0.1, 0.15) is 18.1 Å². The Labute approximate surface area is 106 Å². The van der Waals surface area contributed by atoms with Gasteiger partial charge in [-0.3, -0.25) is 4.98 Å². The maximum Gasteiger partial charge on any atom is 0.142 e. The van der Waals surface area contributed by atoms with Crippen molar-refractivity contribution >= 4 is 0 Å². The highest BCUT2D eigenvalue weighted by Gasteiger charge is 2.04. The van der Waals surface area contributed by atoms with E-state index in [1.54, 1.807) is 12.1 Å². The normalized spacial score (nSPS) is 10.3. The van der Waals surface area contributed by atoms with Crippen molar-refractivity contribution in [3.05, 3.63) is 53.3 Å². The molecule has 0 spiro atoms. The van der Waals surface area contributed by atoms with Crippen molar-refractivity contribution in [1.29, 1.82) is 0 Å². The fraction of sp³-hybridized carbons (Fsp3) is 0.214. The predicted molar refractivity (Wildman–Crippen MR) is 69.3 cm³/mol. The molecule has 3 N–H and O–H groups in total. The lowest BCUT2D eigenvalue weighted by molar-refractivity contribution is 0.301. The van der Waals surface area contributed by atoms with Crippen molar-refractivity contribution in [2.45, 2.75) is 20.1 Å². The number of rotatable bonds is 4. The molecule has 0 aliphatic rings. The minimum atomic E-state index is 0.249. The van der Waals surface area contributed by atoms with Gasteiger partial charge in [0, 0.05) is 12.2 Å². The number of nitrogens with zero attached hydrogens (tertiary/aromatic N) is 1. The van der Waals surface area contributed by atoms with Crippen LogP contribution < -0.4 is 10.5 Å². The highest BCUT2D eigenvalue weighted by molar-refractivity contribution is 5.30. The van der Waals surface area contributed by atoms with Crippen molar-refractivity contribution in [3.8, 4) is 11.5 Å². The number of hydrogen-bond donors (Lipinski definition) is 2. The van der Waals surface area contributed by atoms with Crippen molar-refractivity contribution in [2.75, 3.05) is 0 Å². The van der Waals surface area contributed by atoms with Crippen LogP contribution in [0.4, 0.5) is 0 Å². The van der Waals surface area contributed by atoms with Gasteiger partial charge in [0.05, 0.1) is 5.69 Å². The predicted octanol–water partition coefficient (Wildman–Crippen LogP) is 2.13. The highest BCUT2D eigenvalue weighted by atomic mass is 16.5. The van der Waals surface area contributed by atoms with Gasteiger partial charge in [0.15, 0.2) is 0 Å². The Morgan fingerprint density at radius 2 is 1.89 bits per heavy atom. The van der Waals surface area contributed by atoms with Crippen molar-refractivity contribution in [1.82, 2.24) is 4.98 Å². The first kappa shape index (κ1) is 12.4. The lowest BCUT2D eigenvalue weighted by atomic mass is 10.2. The number of benzene rings is 1. The molecule has 4 nitrogen and oxygen atoms in total. The van der Waals surface area contributed by atoms with Crippen LogP contribution in [-0.2, 0) is 13.2 Å². The van der Waals surface area contributed by atoms with E-state index in [1.165, 1.54) is 0 Å². The van der Waals surface area contributed by atoms with Crippen LogP contribution in [0.25, 0.3) is 0 Å². The molecule has 0 fully saturated rings. The van der Waals surface area contributed by atoms with Crippen LogP contribution in [0.2, 0.25) is 0 Å². The standard InChI is InChI=1S/C14H16N2O2/c1-10-2-7-14(13(8-15)16-10)18-9-11-3-5-12(17)6-4-11/h2-7,17H,8-9,15H2,1H3. The minimum Gasteiger partial charge on any atom is -0.508 e. The largest absolute Gasteiger partial charge is 0.508 e. The number of pyridine rings is 1. The Hall–Kier alpha value is -2.07. The molecule has 0 amide bonds. The molecule has 0 atom stereocenters. The molecule has 2 aromatic rings. The molecule has 0 aliphatic heterocycles. The number of hydrogen-bond acceptors (Lipinski definition) is 4. The van der Waals surface area contributed by atoms with Crippen LogP contribution in [-0.4, -0.2) is 10.1 Å². The van der Waals surface area contributed by atoms with E-state index in [0.29, 0.717) is 18.9 Å². The van der Waals surface area contributed by atoms with Crippen LogP contribution in [0.3, 0.4) is 0 Å². The van der Waals surface area contributed by atoms with Gasteiger partial charge in [-0.1, -0.05) is 12.1 Å². The number of phenols is 1. The molecular weight excluding hydrogens is 228 g/mol. The lowest BCUT2D eigenvalue weighted by Gasteiger charge is -2.10. The van der Waals surface area contributed by atoms with E-state index in [-0.39, 0.29) is 5.75 Å². The maximum absolute atomic E-state index is 9.19. The van der Waals surface area contributed by atoms with Crippen molar-refractivity contribution in [3.63, 3.8) is 0 Å². The molecular formula is C14H16N2O2. The van der Waals surface area contributed by atoms with E-state index in [4.69, 9.17) is 10.5 Å². The Morgan fingerprint density at radius 3 is 2.56 bits per heavy atom. The fourth-order valence-electron chi connectivity index (χ4n) is 1.63. The van der Waals surface area contributed by atoms with E-state index >= 15 is 0 Å². The monoisotopic (exact) mass is 244 g/mol. The average molecular weight is 244 g/mol. The molecule has 0 unspecified atom stereocenters. The Balaban J connectivity index is 2.08. The molecule has 0 saturated heterocycles. The molecule has 0 bridgehead atoms. The molecule has 18 heavy (non-hydrogen) atoms. The summed E-state index contributed by atoms with van der Waals surface area (Å²) in [5.74, 6) is 0.953. The van der Waals surface area contributed by atoms with Gasteiger partial charge in [0.2, 0.25) is 0 Å². The molecule has 0 radical (unpaired) electrons.